The van der Waals surface area contributed by atoms with Gasteiger partial charge in [-0.1, -0.05) is 32.8 Å². The summed E-state index contributed by atoms with van der Waals surface area (Å²) in [6.07, 6.45) is 4.90. The van der Waals surface area contributed by atoms with Crippen molar-refractivity contribution in [2.75, 3.05) is 0 Å². The van der Waals surface area contributed by atoms with Crippen LogP contribution in [0.5, 0.6) is 0 Å². The zero-order valence-electron chi connectivity index (χ0n) is 12.1. The number of rotatable bonds is 7. The highest BCUT2D eigenvalue weighted by atomic mass is 16.2. The maximum atomic E-state index is 11.8. The van der Waals surface area contributed by atoms with Crippen LogP contribution < -0.4 is 10.9 Å². The lowest BCUT2D eigenvalue weighted by Crippen LogP contribution is -2.37. The fourth-order valence-corrected chi connectivity index (χ4v) is 1.97. The highest BCUT2D eigenvalue weighted by molar-refractivity contribution is 5.75. The van der Waals surface area contributed by atoms with E-state index in [1.807, 2.05) is 6.92 Å². The van der Waals surface area contributed by atoms with Crippen LogP contribution in [-0.4, -0.2) is 16.5 Å². The molecule has 1 N–H and O–H groups in total. The van der Waals surface area contributed by atoms with Gasteiger partial charge in [-0.25, -0.2) is 0 Å². The molecule has 1 aromatic rings. The average Bonchev–Trinajstić information content (AvgIpc) is 2.31. The normalized spacial score (nSPS) is 12.4. The number of carbonyl (C=O) groups is 1. The number of carbonyl (C=O) groups excluding carboxylic acids is 1. The van der Waals surface area contributed by atoms with Gasteiger partial charge < -0.3 is 9.88 Å². The van der Waals surface area contributed by atoms with Gasteiger partial charge in [-0.2, -0.15) is 0 Å². The molecule has 0 saturated carbocycles. The number of amides is 1. The molecule has 0 aliphatic carbocycles. The van der Waals surface area contributed by atoms with Crippen LogP contribution >= 0.6 is 0 Å². The number of hydrogen-bond donors (Lipinski definition) is 1. The van der Waals surface area contributed by atoms with E-state index in [1.54, 1.807) is 18.3 Å². The first-order chi connectivity index (χ1) is 8.99. The monoisotopic (exact) mass is 264 g/mol. The molecule has 4 nitrogen and oxygen atoms in total. The molecule has 1 atom stereocenters. The first-order valence-electron chi connectivity index (χ1n) is 6.94. The van der Waals surface area contributed by atoms with E-state index >= 15 is 0 Å². The number of nitrogens with zero attached hydrogens (tertiary/aromatic N) is 1. The molecule has 0 aliphatic heterocycles. The van der Waals surface area contributed by atoms with Crippen LogP contribution in [0.2, 0.25) is 0 Å². The molecule has 106 valence electrons. The van der Waals surface area contributed by atoms with Crippen LogP contribution in [0.3, 0.4) is 0 Å². The topological polar surface area (TPSA) is 51.1 Å². The van der Waals surface area contributed by atoms with E-state index in [9.17, 15) is 9.59 Å². The van der Waals surface area contributed by atoms with E-state index in [-0.39, 0.29) is 24.1 Å². The second-order valence-corrected chi connectivity index (χ2v) is 5.46. The average molecular weight is 264 g/mol. The molecule has 0 aromatic carbocycles. The Morgan fingerprint density at radius 1 is 1.26 bits per heavy atom. The lowest BCUT2D eigenvalue weighted by Gasteiger charge is -2.15. The molecule has 1 heterocycles. The van der Waals surface area contributed by atoms with Gasteiger partial charge in [-0.15, -0.1) is 0 Å². The molecular weight excluding hydrogens is 240 g/mol. The summed E-state index contributed by atoms with van der Waals surface area (Å²) in [5.41, 5.74) is -0.148. The largest absolute Gasteiger partial charge is 0.352 e. The van der Waals surface area contributed by atoms with Gasteiger partial charge in [0.2, 0.25) is 5.91 Å². The van der Waals surface area contributed by atoms with Gasteiger partial charge in [0.05, 0.1) is 0 Å². The summed E-state index contributed by atoms with van der Waals surface area (Å²) in [6, 6.07) is 5.04. The highest BCUT2D eigenvalue weighted by Crippen LogP contribution is 2.08. The Hall–Kier alpha value is -1.58. The molecule has 0 spiro atoms. The fourth-order valence-electron chi connectivity index (χ4n) is 1.97. The van der Waals surface area contributed by atoms with Crippen LogP contribution in [0.1, 0.15) is 40.0 Å². The van der Waals surface area contributed by atoms with Crippen molar-refractivity contribution in [1.29, 1.82) is 0 Å². The van der Waals surface area contributed by atoms with Crippen molar-refractivity contribution < 1.29 is 4.79 Å². The lowest BCUT2D eigenvalue weighted by molar-refractivity contribution is -0.122. The van der Waals surface area contributed by atoms with Crippen LogP contribution in [0.25, 0.3) is 0 Å². The molecule has 0 aliphatic rings. The Morgan fingerprint density at radius 3 is 2.63 bits per heavy atom. The number of hydrogen-bond acceptors (Lipinski definition) is 2. The minimum Gasteiger partial charge on any atom is -0.352 e. The van der Waals surface area contributed by atoms with Crippen molar-refractivity contribution >= 4 is 5.91 Å². The van der Waals surface area contributed by atoms with Gasteiger partial charge >= 0.3 is 0 Å². The molecule has 1 amide bonds. The zero-order valence-corrected chi connectivity index (χ0v) is 12.1. The second-order valence-electron chi connectivity index (χ2n) is 5.46. The maximum absolute atomic E-state index is 11.8. The maximum Gasteiger partial charge on any atom is 0.250 e. The summed E-state index contributed by atoms with van der Waals surface area (Å²) < 4.78 is 1.41. The first kappa shape index (κ1) is 15.5. The van der Waals surface area contributed by atoms with Crippen molar-refractivity contribution in [3.63, 3.8) is 0 Å². The predicted octanol–water partition coefficient (Wildman–Crippen LogP) is 2.18. The predicted molar refractivity (Wildman–Crippen MR) is 77.0 cm³/mol. The van der Waals surface area contributed by atoms with Crippen LogP contribution in [0, 0.1) is 5.92 Å². The molecule has 4 heteroatoms. The lowest BCUT2D eigenvalue weighted by atomic mass is 10.0. The van der Waals surface area contributed by atoms with E-state index in [2.05, 4.69) is 19.2 Å². The standard InChI is InChI=1S/C15H24N2O2/c1-12(2)7-6-8-13(3)16-14(18)11-17-10-5-4-9-15(17)19/h4-5,9-10,12-13H,6-8,11H2,1-3H3,(H,16,18)/t13-/m0/s1. The summed E-state index contributed by atoms with van der Waals surface area (Å²) in [5.74, 6) is 0.594. The van der Waals surface area contributed by atoms with E-state index in [1.165, 1.54) is 17.1 Å². The molecule has 0 unspecified atom stereocenters. The van der Waals surface area contributed by atoms with Gasteiger partial charge in [0.15, 0.2) is 0 Å². The zero-order chi connectivity index (χ0) is 14.3. The Bertz CT molecular complexity index is 451. The van der Waals surface area contributed by atoms with Crippen molar-refractivity contribution in [3.05, 3.63) is 34.7 Å². The number of aromatic nitrogens is 1. The van der Waals surface area contributed by atoms with Crippen LogP contribution in [0.15, 0.2) is 29.2 Å². The molecule has 19 heavy (non-hydrogen) atoms. The summed E-state index contributed by atoms with van der Waals surface area (Å²) in [5, 5.41) is 2.93. The first-order valence-corrected chi connectivity index (χ1v) is 6.94. The van der Waals surface area contributed by atoms with Crippen molar-refractivity contribution in [2.45, 2.75) is 52.6 Å². The third-order valence-electron chi connectivity index (χ3n) is 3.04. The smallest absolute Gasteiger partial charge is 0.250 e. The summed E-state index contributed by atoms with van der Waals surface area (Å²) in [7, 11) is 0. The SMILES string of the molecule is CC(C)CCC[C@H](C)NC(=O)Cn1ccccc1=O. The molecule has 1 aromatic heterocycles. The molecule has 0 radical (unpaired) electrons. The molecule has 0 fully saturated rings. The quantitative estimate of drug-likeness (QED) is 0.820. The van der Waals surface area contributed by atoms with Gasteiger partial charge in [0, 0.05) is 18.3 Å². The molecule has 0 saturated heterocycles. The molecule has 1 rings (SSSR count). The van der Waals surface area contributed by atoms with Crippen molar-refractivity contribution in [1.82, 2.24) is 9.88 Å². The summed E-state index contributed by atoms with van der Waals surface area (Å²) in [6.45, 7) is 6.50. The van der Waals surface area contributed by atoms with Crippen LogP contribution in [0.4, 0.5) is 0 Å². The minimum atomic E-state index is -0.148. The number of pyridine rings is 1. The Balaban J connectivity index is 2.35. The van der Waals surface area contributed by atoms with E-state index in [0.29, 0.717) is 5.92 Å². The van der Waals surface area contributed by atoms with Crippen molar-refractivity contribution in [2.24, 2.45) is 5.92 Å². The molecular formula is C15H24N2O2. The second kappa shape index (κ2) is 7.77. The van der Waals surface area contributed by atoms with E-state index in [4.69, 9.17) is 0 Å². The van der Waals surface area contributed by atoms with Gasteiger partial charge in [0.25, 0.3) is 5.56 Å². The van der Waals surface area contributed by atoms with Gasteiger partial charge in [0.1, 0.15) is 6.54 Å². The highest BCUT2D eigenvalue weighted by Gasteiger charge is 2.08. The minimum absolute atomic E-state index is 0.0915. The van der Waals surface area contributed by atoms with Gasteiger partial charge in [-0.05, 0) is 25.3 Å². The van der Waals surface area contributed by atoms with Gasteiger partial charge in [-0.3, -0.25) is 9.59 Å². The number of nitrogens with one attached hydrogen (secondary N) is 1. The fraction of sp³-hybridized carbons (Fsp3) is 0.600. The third kappa shape index (κ3) is 6.22. The summed E-state index contributed by atoms with van der Waals surface area (Å²) in [4.78, 5) is 23.3. The van der Waals surface area contributed by atoms with E-state index in [0.717, 1.165) is 12.8 Å². The van der Waals surface area contributed by atoms with Crippen LogP contribution in [-0.2, 0) is 11.3 Å². The Morgan fingerprint density at radius 2 is 2.00 bits per heavy atom. The van der Waals surface area contributed by atoms with Crippen molar-refractivity contribution in [3.8, 4) is 0 Å². The van der Waals surface area contributed by atoms with E-state index < -0.39 is 0 Å². The summed E-state index contributed by atoms with van der Waals surface area (Å²) >= 11 is 0. The molecule has 0 bridgehead atoms. The third-order valence-corrected chi connectivity index (χ3v) is 3.04. The Kier molecular flexibility index (Phi) is 6.33. The Labute approximate surface area is 114 Å².